The van der Waals surface area contributed by atoms with Gasteiger partial charge in [0.05, 0.1) is 26.9 Å². The number of rotatable bonds is 3. The SMILES string of the molecule is c1ccc(-c2nc(-c3ccccc3)c3sc4cc5c6ccccc6n(-c6ccc7c8ccccc8c8ccccc8c7c6)c5cc4c3n2)cc1. The maximum atomic E-state index is 5.28. The summed E-state index contributed by atoms with van der Waals surface area (Å²) >= 11 is 1.79. The van der Waals surface area contributed by atoms with Crippen molar-refractivity contribution in [3.63, 3.8) is 0 Å². The zero-order chi connectivity index (χ0) is 32.8. The Kier molecular flexibility index (Phi) is 5.83. The molecule has 0 radical (unpaired) electrons. The number of thiophene rings is 1. The van der Waals surface area contributed by atoms with E-state index in [2.05, 4.69) is 150 Å². The van der Waals surface area contributed by atoms with Crippen LogP contribution < -0.4 is 0 Å². The van der Waals surface area contributed by atoms with Gasteiger partial charge in [-0.25, -0.2) is 9.97 Å². The Morgan fingerprint density at radius 3 is 1.68 bits per heavy atom. The molecule has 0 amide bonds. The number of fused-ring (bicyclic) bond motifs is 12. The van der Waals surface area contributed by atoms with Gasteiger partial charge in [-0.2, -0.15) is 0 Å². The first kappa shape index (κ1) is 27.6. The fraction of sp³-hybridized carbons (Fsp3) is 0. The third kappa shape index (κ3) is 3.97. The fourth-order valence-corrected chi connectivity index (χ4v) is 9.10. The van der Waals surface area contributed by atoms with E-state index < -0.39 is 0 Å². The lowest BCUT2D eigenvalue weighted by Crippen LogP contribution is -1.95. The average molecular weight is 654 g/mol. The molecular weight excluding hydrogens is 627 g/mol. The Labute approximate surface area is 291 Å². The van der Waals surface area contributed by atoms with Crippen LogP contribution in [0.5, 0.6) is 0 Å². The summed E-state index contributed by atoms with van der Waals surface area (Å²) in [6.07, 6.45) is 0. The second-order valence-electron chi connectivity index (χ2n) is 12.9. The van der Waals surface area contributed by atoms with Gasteiger partial charge in [0.2, 0.25) is 0 Å². The largest absolute Gasteiger partial charge is 0.309 e. The van der Waals surface area contributed by atoms with Crippen molar-refractivity contribution >= 4 is 85.8 Å². The van der Waals surface area contributed by atoms with Crippen LogP contribution >= 0.6 is 11.3 Å². The van der Waals surface area contributed by atoms with Crippen molar-refractivity contribution in [1.82, 2.24) is 14.5 Å². The number of aromatic nitrogens is 3. The molecule has 0 aliphatic carbocycles. The lowest BCUT2D eigenvalue weighted by molar-refractivity contribution is 1.19. The first-order chi connectivity index (χ1) is 24.8. The zero-order valence-corrected chi connectivity index (χ0v) is 27.7. The molecule has 11 rings (SSSR count). The topological polar surface area (TPSA) is 30.7 Å². The quantitative estimate of drug-likeness (QED) is 0.178. The molecule has 0 aliphatic heterocycles. The van der Waals surface area contributed by atoms with Crippen LogP contribution in [0, 0.1) is 0 Å². The minimum Gasteiger partial charge on any atom is -0.309 e. The van der Waals surface area contributed by atoms with E-state index in [0.29, 0.717) is 0 Å². The van der Waals surface area contributed by atoms with Gasteiger partial charge in [0.1, 0.15) is 0 Å². The highest BCUT2D eigenvalue weighted by atomic mass is 32.1. The van der Waals surface area contributed by atoms with Gasteiger partial charge in [0, 0.05) is 37.7 Å². The fourth-order valence-electron chi connectivity index (χ4n) is 7.93. The summed E-state index contributed by atoms with van der Waals surface area (Å²) in [5.41, 5.74) is 7.58. The molecule has 0 unspecified atom stereocenters. The van der Waals surface area contributed by atoms with Gasteiger partial charge >= 0.3 is 0 Å². The van der Waals surface area contributed by atoms with Gasteiger partial charge in [-0.15, -0.1) is 11.3 Å². The summed E-state index contributed by atoms with van der Waals surface area (Å²) in [4.78, 5) is 10.5. The molecule has 0 atom stereocenters. The summed E-state index contributed by atoms with van der Waals surface area (Å²) in [5.74, 6) is 0.742. The molecule has 50 heavy (non-hydrogen) atoms. The highest BCUT2D eigenvalue weighted by molar-refractivity contribution is 7.26. The first-order valence-corrected chi connectivity index (χ1v) is 17.7. The Balaban J connectivity index is 1.24. The Bertz CT molecular complexity index is 3100. The normalized spacial score (nSPS) is 12.0. The van der Waals surface area contributed by atoms with E-state index in [9.17, 15) is 0 Å². The third-order valence-corrected chi connectivity index (χ3v) is 11.3. The van der Waals surface area contributed by atoms with Gasteiger partial charge in [-0.05, 0) is 62.6 Å². The standard InChI is InChI=1S/C46H27N3S/c1-3-13-28(14-4-1)43-45-44(48-46(47-43)29-15-5-2-6-16-29)39-26-41-38(27-42(39)50-45)36-21-11-12-22-40(36)49(41)30-23-24-35-33-19-8-7-17-31(33)32-18-9-10-20-34(32)37(35)25-30/h1-27H. The minimum atomic E-state index is 0.742. The number of benzene rings is 8. The molecule has 3 nitrogen and oxygen atoms in total. The maximum Gasteiger partial charge on any atom is 0.160 e. The van der Waals surface area contributed by atoms with E-state index in [0.717, 1.165) is 43.9 Å². The van der Waals surface area contributed by atoms with Gasteiger partial charge in [-0.3, -0.25) is 0 Å². The van der Waals surface area contributed by atoms with Crippen LogP contribution in [0.25, 0.3) is 103 Å². The molecule has 0 N–H and O–H groups in total. The number of hydrogen-bond acceptors (Lipinski definition) is 3. The molecule has 0 aliphatic rings. The lowest BCUT2D eigenvalue weighted by Gasteiger charge is -2.14. The lowest BCUT2D eigenvalue weighted by atomic mass is 9.94. The van der Waals surface area contributed by atoms with Crippen LogP contribution in [0.1, 0.15) is 0 Å². The van der Waals surface area contributed by atoms with Crippen molar-refractivity contribution in [2.75, 3.05) is 0 Å². The van der Waals surface area contributed by atoms with Gasteiger partial charge in [0.25, 0.3) is 0 Å². The molecule has 0 spiro atoms. The van der Waals surface area contributed by atoms with E-state index in [-0.39, 0.29) is 0 Å². The van der Waals surface area contributed by atoms with Crippen LogP contribution in [-0.4, -0.2) is 14.5 Å². The summed E-state index contributed by atoms with van der Waals surface area (Å²) in [6.45, 7) is 0. The molecule has 4 heteroatoms. The minimum absolute atomic E-state index is 0.742. The first-order valence-electron chi connectivity index (χ1n) is 16.9. The van der Waals surface area contributed by atoms with Crippen LogP contribution in [0.4, 0.5) is 0 Å². The number of nitrogens with zero attached hydrogens (tertiary/aromatic N) is 3. The van der Waals surface area contributed by atoms with Crippen molar-refractivity contribution in [2.45, 2.75) is 0 Å². The monoisotopic (exact) mass is 653 g/mol. The Hall–Kier alpha value is -6.36. The number of para-hydroxylation sites is 1. The van der Waals surface area contributed by atoms with Crippen molar-refractivity contribution in [3.05, 3.63) is 164 Å². The zero-order valence-electron chi connectivity index (χ0n) is 26.8. The van der Waals surface area contributed by atoms with E-state index >= 15 is 0 Å². The summed E-state index contributed by atoms with van der Waals surface area (Å²) in [6, 6.07) is 58.9. The third-order valence-electron chi connectivity index (χ3n) is 10.2. The average Bonchev–Trinajstić information content (AvgIpc) is 3.72. The highest BCUT2D eigenvalue weighted by Gasteiger charge is 2.20. The number of hydrogen-bond donors (Lipinski definition) is 0. The van der Waals surface area contributed by atoms with Gasteiger partial charge in [-0.1, -0.05) is 133 Å². The van der Waals surface area contributed by atoms with Gasteiger partial charge in [0.15, 0.2) is 5.82 Å². The van der Waals surface area contributed by atoms with Crippen molar-refractivity contribution < 1.29 is 0 Å². The molecule has 0 saturated carbocycles. The molecule has 3 heterocycles. The summed E-state index contributed by atoms with van der Waals surface area (Å²) in [5, 5.41) is 11.3. The smallest absolute Gasteiger partial charge is 0.160 e. The highest BCUT2D eigenvalue weighted by Crippen LogP contribution is 2.44. The molecule has 0 saturated heterocycles. The van der Waals surface area contributed by atoms with Crippen LogP contribution in [-0.2, 0) is 0 Å². The molecule has 0 bridgehead atoms. The van der Waals surface area contributed by atoms with Crippen molar-refractivity contribution in [1.29, 1.82) is 0 Å². The van der Waals surface area contributed by atoms with Crippen LogP contribution in [0.3, 0.4) is 0 Å². The summed E-state index contributed by atoms with van der Waals surface area (Å²) < 4.78 is 4.76. The van der Waals surface area contributed by atoms with E-state index in [4.69, 9.17) is 9.97 Å². The second-order valence-corrected chi connectivity index (χ2v) is 14.0. The Morgan fingerprint density at radius 2 is 0.980 bits per heavy atom. The predicted octanol–water partition coefficient (Wildman–Crippen LogP) is 12.7. The van der Waals surface area contributed by atoms with Crippen LogP contribution in [0.2, 0.25) is 0 Å². The molecular formula is C46H27N3S. The Morgan fingerprint density at radius 1 is 0.400 bits per heavy atom. The second kappa shape index (κ2) is 10.6. The molecule has 232 valence electrons. The summed E-state index contributed by atoms with van der Waals surface area (Å²) in [7, 11) is 0. The molecule has 0 fully saturated rings. The van der Waals surface area contributed by atoms with Crippen molar-refractivity contribution in [3.8, 4) is 28.3 Å². The molecule has 11 aromatic rings. The molecule has 8 aromatic carbocycles. The van der Waals surface area contributed by atoms with E-state index in [1.807, 2.05) is 18.2 Å². The predicted molar refractivity (Wildman–Crippen MR) is 213 cm³/mol. The molecule has 3 aromatic heterocycles. The van der Waals surface area contributed by atoms with Gasteiger partial charge < -0.3 is 4.57 Å². The maximum absolute atomic E-state index is 5.28. The van der Waals surface area contributed by atoms with Crippen LogP contribution in [0.15, 0.2) is 164 Å². The van der Waals surface area contributed by atoms with E-state index in [1.165, 1.54) is 58.8 Å². The van der Waals surface area contributed by atoms with E-state index in [1.54, 1.807) is 11.3 Å². The van der Waals surface area contributed by atoms with Crippen molar-refractivity contribution in [2.24, 2.45) is 0 Å².